The van der Waals surface area contributed by atoms with Gasteiger partial charge in [0.25, 0.3) is 0 Å². The van der Waals surface area contributed by atoms with E-state index >= 15 is 0 Å². The number of thiophene rings is 1. The van der Waals surface area contributed by atoms with E-state index in [2.05, 4.69) is 0 Å². The number of benzene rings is 1. The van der Waals surface area contributed by atoms with Crippen molar-refractivity contribution < 1.29 is 18.3 Å². The van der Waals surface area contributed by atoms with E-state index in [0.717, 1.165) is 27.5 Å². The molecule has 20 heavy (non-hydrogen) atoms. The predicted octanol–water partition coefficient (Wildman–Crippen LogP) is 4.77. The first-order valence-corrected chi connectivity index (χ1v) is 6.94. The first kappa shape index (κ1) is 15.1. The van der Waals surface area contributed by atoms with E-state index in [1.54, 1.807) is 6.92 Å². The highest BCUT2D eigenvalue weighted by molar-refractivity contribution is 7.12. The summed E-state index contributed by atoms with van der Waals surface area (Å²) in [7, 11) is 0. The quantitative estimate of drug-likeness (QED) is 0.846. The molecule has 0 bridgehead atoms. The molecule has 1 aromatic carbocycles. The third-order valence-electron chi connectivity index (χ3n) is 3.35. The maximum atomic E-state index is 12.6. The van der Waals surface area contributed by atoms with E-state index in [-0.39, 0.29) is 0 Å². The summed E-state index contributed by atoms with van der Waals surface area (Å²) in [6, 6.07) is 5.32. The lowest BCUT2D eigenvalue weighted by atomic mass is 9.99. The Bertz CT molecular complexity index is 609. The van der Waals surface area contributed by atoms with Crippen molar-refractivity contribution in [3.63, 3.8) is 0 Å². The van der Waals surface area contributed by atoms with Crippen LogP contribution in [-0.2, 0) is 6.18 Å². The van der Waals surface area contributed by atoms with Crippen molar-refractivity contribution in [1.82, 2.24) is 0 Å². The highest BCUT2D eigenvalue weighted by atomic mass is 32.1. The molecule has 0 aliphatic rings. The summed E-state index contributed by atoms with van der Waals surface area (Å²) >= 11 is 1.46. The van der Waals surface area contributed by atoms with Crippen LogP contribution in [0.25, 0.3) is 0 Å². The molecule has 0 saturated heterocycles. The molecule has 1 atom stereocenters. The number of aryl methyl sites for hydroxylation is 3. The molecule has 0 spiro atoms. The molecular weight excluding hydrogens is 285 g/mol. The Hall–Kier alpha value is -1.33. The third-order valence-corrected chi connectivity index (χ3v) is 4.55. The van der Waals surface area contributed by atoms with Gasteiger partial charge in [-0.3, -0.25) is 0 Å². The summed E-state index contributed by atoms with van der Waals surface area (Å²) in [5.41, 5.74) is 1.34. The van der Waals surface area contributed by atoms with Crippen molar-refractivity contribution in [1.29, 1.82) is 0 Å². The summed E-state index contributed by atoms with van der Waals surface area (Å²) in [6.07, 6.45) is -5.24. The van der Waals surface area contributed by atoms with Gasteiger partial charge in [-0.05, 0) is 55.7 Å². The molecule has 108 valence electrons. The lowest BCUT2D eigenvalue weighted by Gasteiger charge is -2.15. The second kappa shape index (κ2) is 5.22. The van der Waals surface area contributed by atoms with Crippen molar-refractivity contribution in [2.75, 3.05) is 0 Å². The molecule has 1 aromatic heterocycles. The fourth-order valence-corrected chi connectivity index (χ4v) is 3.10. The van der Waals surface area contributed by atoms with Crippen LogP contribution in [0.1, 0.15) is 38.1 Å². The molecule has 1 N–H and O–H groups in total. The lowest BCUT2D eigenvalue weighted by molar-refractivity contribution is -0.137. The molecule has 1 nitrogen and oxygen atoms in total. The maximum absolute atomic E-state index is 12.6. The van der Waals surface area contributed by atoms with Crippen LogP contribution in [-0.4, -0.2) is 5.11 Å². The van der Waals surface area contributed by atoms with Crippen molar-refractivity contribution >= 4 is 11.3 Å². The molecule has 0 aliphatic heterocycles. The molecule has 0 amide bonds. The maximum Gasteiger partial charge on any atom is 0.416 e. The smallest absolute Gasteiger partial charge is 0.383 e. The SMILES string of the molecule is Cc1cc(C(F)(F)F)ccc1C(O)c1cc(C)c(C)s1. The molecule has 2 rings (SSSR count). The summed E-state index contributed by atoms with van der Waals surface area (Å²) in [5.74, 6) is 0. The van der Waals surface area contributed by atoms with Gasteiger partial charge in [0.2, 0.25) is 0 Å². The molecule has 0 radical (unpaired) electrons. The molecule has 0 aliphatic carbocycles. The number of aliphatic hydroxyl groups excluding tert-OH is 1. The Morgan fingerprint density at radius 1 is 1.05 bits per heavy atom. The van der Waals surface area contributed by atoms with Crippen molar-refractivity contribution in [3.05, 3.63) is 56.3 Å². The summed E-state index contributed by atoms with van der Waals surface area (Å²) in [5, 5.41) is 10.3. The van der Waals surface area contributed by atoms with E-state index in [1.807, 2.05) is 19.9 Å². The van der Waals surface area contributed by atoms with Crippen molar-refractivity contribution in [2.24, 2.45) is 0 Å². The minimum atomic E-state index is -4.36. The monoisotopic (exact) mass is 300 g/mol. The largest absolute Gasteiger partial charge is 0.416 e. The van der Waals surface area contributed by atoms with Crippen LogP contribution in [0.5, 0.6) is 0 Å². The first-order valence-electron chi connectivity index (χ1n) is 6.13. The second-order valence-corrected chi connectivity index (χ2v) is 6.15. The summed E-state index contributed by atoms with van der Waals surface area (Å²) in [4.78, 5) is 1.85. The number of halogens is 3. The standard InChI is InChI=1S/C15H15F3OS/c1-8-7-13(20-10(8)3)14(19)12-5-4-11(6-9(12)2)15(16,17)18/h4-7,14,19H,1-3H3. The van der Waals surface area contributed by atoms with Gasteiger partial charge in [0.15, 0.2) is 0 Å². The van der Waals surface area contributed by atoms with E-state index < -0.39 is 17.8 Å². The molecule has 5 heteroatoms. The van der Waals surface area contributed by atoms with E-state index in [1.165, 1.54) is 17.4 Å². The number of aliphatic hydroxyl groups is 1. The van der Waals surface area contributed by atoms with Crippen LogP contribution in [0, 0.1) is 20.8 Å². The molecule has 2 aromatic rings. The normalized spacial score (nSPS) is 13.6. The molecule has 1 heterocycles. The Labute approximate surface area is 119 Å². The molecule has 0 fully saturated rings. The number of rotatable bonds is 2. The molecule has 1 unspecified atom stereocenters. The number of hydrogen-bond donors (Lipinski definition) is 1. The van der Waals surface area contributed by atoms with E-state index in [0.29, 0.717) is 11.1 Å². The topological polar surface area (TPSA) is 20.2 Å². The van der Waals surface area contributed by atoms with Gasteiger partial charge in [0, 0.05) is 9.75 Å². The van der Waals surface area contributed by atoms with Crippen molar-refractivity contribution in [2.45, 2.75) is 33.1 Å². The fraction of sp³-hybridized carbons (Fsp3) is 0.333. The average Bonchev–Trinajstić information content (AvgIpc) is 2.67. The van der Waals surface area contributed by atoms with Gasteiger partial charge < -0.3 is 5.11 Å². The van der Waals surface area contributed by atoms with Crippen LogP contribution >= 0.6 is 11.3 Å². The first-order chi connectivity index (χ1) is 9.20. The molecule has 0 saturated carbocycles. The highest BCUT2D eigenvalue weighted by Crippen LogP contribution is 2.35. The van der Waals surface area contributed by atoms with Gasteiger partial charge in [0.1, 0.15) is 6.10 Å². The van der Waals surface area contributed by atoms with E-state index in [4.69, 9.17) is 0 Å². The number of hydrogen-bond acceptors (Lipinski definition) is 2. The van der Waals surface area contributed by atoms with Crippen LogP contribution in [0.15, 0.2) is 24.3 Å². The molecular formula is C15H15F3OS. The number of alkyl halides is 3. The van der Waals surface area contributed by atoms with Crippen LogP contribution < -0.4 is 0 Å². The zero-order chi connectivity index (χ0) is 15.1. The summed E-state index contributed by atoms with van der Waals surface area (Å²) in [6.45, 7) is 5.48. The zero-order valence-electron chi connectivity index (χ0n) is 11.4. The van der Waals surface area contributed by atoms with Crippen LogP contribution in [0.2, 0.25) is 0 Å². The van der Waals surface area contributed by atoms with Gasteiger partial charge in [-0.1, -0.05) is 6.07 Å². The van der Waals surface area contributed by atoms with Gasteiger partial charge in [-0.2, -0.15) is 13.2 Å². The minimum Gasteiger partial charge on any atom is -0.383 e. The van der Waals surface area contributed by atoms with Gasteiger partial charge >= 0.3 is 6.18 Å². The van der Waals surface area contributed by atoms with Crippen LogP contribution in [0.4, 0.5) is 13.2 Å². The van der Waals surface area contributed by atoms with Crippen molar-refractivity contribution in [3.8, 4) is 0 Å². The Balaban J connectivity index is 2.38. The summed E-state index contributed by atoms with van der Waals surface area (Å²) < 4.78 is 37.9. The Morgan fingerprint density at radius 3 is 2.15 bits per heavy atom. The third kappa shape index (κ3) is 2.88. The van der Waals surface area contributed by atoms with Gasteiger partial charge in [-0.15, -0.1) is 11.3 Å². The second-order valence-electron chi connectivity index (χ2n) is 4.86. The highest BCUT2D eigenvalue weighted by Gasteiger charge is 2.31. The average molecular weight is 300 g/mol. The Kier molecular flexibility index (Phi) is 3.93. The van der Waals surface area contributed by atoms with E-state index in [9.17, 15) is 18.3 Å². The minimum absolute atomic E-state index is 0.441. The Morgan fingerprint density at radius 2 is 1.70 bits per heavy atom. The van der Waals surface area contributed by atoms with Crippen LogP contribution in [0.3, 0.4) is 0 Å². The van der Waals surface area contributed by atoms with Gasteiger partial charge in [-0.25, -0.2) is 0 Å². The zero-order valence-corrected chi connectivity index (χ0v) is 12.2. The fourth-order valence-electron chi connectivity index (χ4n) is 2.05. The van der Waals surface area contributed by atoms with Gasteiger partial charge in [0.05, 0.1) is 5.56 Å². The lowest BCUT2D eigenvalue weighted by Crippen LogP contribution is -2.07. The predicted molar refractivity (Wildman–Crippen MR) is 74.0 cm³/mol.